The lowest BCUT2D eigenvalue weighted by molar-refractivity contribution is -0.139. The number of hydrogen-bond donors (Lipinski definition) is 0. The summed E-state index contributed by atoms with van der Waals surface area (Å²) in [5.74, 6) is 1.03. The molecule has 1 unspecified atom stereocenters. The molecule has 1 aromatic heterocycles. The van der Waals surface area contributed by atoms with Crippen molar-refractivity contribution < 1.29 is 19.0 Å². The number of esters is 1. The van der Waals surface area contributed by atoms with Crippen LogP contribution in [0.4, 0.5) is 0 Å². The molecule has 2 heterocycles. The van der Waals surface area contributed by atoms with Crippen LogP contribution in [0, 0.1) is 0 Å². The smallest absolute Gasteiger partial charge is 0.338 e. The zero-order valence-corrected chi connectivity index (χ0v) is 22.8. The lowest BCUT2D eigenvalue weighted by atomic mass is 9.95. The third-order valence-corrected chi connectivity index (χ3v) is 7.20. The number of carbonyl (C=O) groups excluding carboxylic acids is 1. The van der Waals surface area contributed by atoms with E-state index < -0.39 is 12.0 Å². The standard InChI is InChI=1S/C29H32N2O5S/c1-7-35-22-14-13-21(16-23(22)34-6)26-25(28(33)36-8-2)18(5)30-29-31(26)27(32)24(37-29)15-19-9-11-20(12-10-19)17(3)4/h9-17,26H,7-8H2,1-6H3/b24-15-. The first kappa shape index (κ1) is 26.4. The van der Waals surface area contributed by atoms with E-state index in [0.717, 1.165) is 5.56 Å². The Morgan fingerprint density at radius 3 is 2.46 bits per heavy atom. The van der Waals surface area contributed by atoms with E-state index in [1.54, 1.807) is 37.7 Å². The van der Waals surface area contributed by atoms with Gasteiger partial charge in [-0.1, -0.05) is 55.5 Å². The molecule has 8 heteroatoms. The summed E-state index contributed by atoms with van der Waals surface area (Å²) in [4.78, 5) is 32.1. The lowest BCUT2D eigenvalue weighted by Crippen LogP contribution is -2.40. The maximum absolute atomic E-state index is 13.8. The van der Waals surface area contributed by atoms with Crippen molar-refractivity contribution in [2.24, 2.45) is 4.99 Å². The summed E-state index contributed by atoms with van der Waals surface area (Å²) in [5, 5.41) is 0. The average Bonchev–Trinajstić information content (AvgIpc) is 3.18. The number of aromatic nitrogens is 1. The first-order valence-corrected chi connectivity index (χ1v) is 13.2. The Morgan fingerprint density at radius 2 is 1.84 bits per heavy atom. The monoisotopic (exact) mass is 520 g/mol. The maximum atomic E-state index is 13.8. The summed E-state index contributed by atoms with van der Waals surface area (Å²) in [6.45, 7) is 10.4. The Bertz CT molecular complexity index is 1510. The van der Waals surface area contributed by atoms with Gasteiger partial charge in [-0.05, 0) is 61.6 Å². The second-order valence-electron chi connectivity index (χ2n) is 8.97. The van der Waals surface area contributed by atoms with E-state index >= 15 is 0 Å². The summed E-state index contributed by atoms with van der Waals surface area (Å²) >= 11 is 1.30. The first-order chi connectivity index (χ1) is 17.8. The minimum absolute atomic E-state index is 0.214. The molecule has 1 aliphatic rings. The van der Waals surface area contributed by atoms with Gasteiger partial charge in [0.2, 0.25) is 0 Å². The quantitative estimate of drug-likeness (QED) is 0.413. The van der Waals surface area contributed by atoms with E-state index in [1.807, 2.05) is 31.2 Å². The molecule has 0 aliphatic carbocycles. The zero-order chi connectivity index (χ0) is 26.7. The fourth-order valence-electron chi connectivity index (χ4n) is 4.36. The molecule has 1 aliphatic heterocycles. The van der Waals surface area contributed by atoms with E-state index in [2.05, 4.69) is 31.0 Å². The molecule has 0 amide bonds. The zero-order valence-electron chi connectivity index (χ0n) is 22.0. The molecule has 194 valence electrons. The van der Waals surface area contributed by atoms with Crippen molar-refractivity contribution >= 4 is 23.4 Å². The van der Waals surface area contributed by atoms with Crippen LogP contribution in [-0.4, -0.2) is 30.9 Å². The van der Waals surface area contributed by atoms with Gasteiger partial charge in [-0.2, -0.15) is 0 Å². The summed E-state index contributed by atoms with van der Waals surface area (Å²) in [7, 11) is 1.56. The molecular formula is C29H32N2O5S. The van der Waals surface area contributed by atoms with Crippen LogP contribution in [0.5, 0.6) is 11.5 Å². The molecule has 37 heavy (non-hydrogen) atoms. The molecule has 2 aromatic carbocycles. The summed E-state index contributed by atoms with van der Waals surface area (Å²) < 4.78 is 18.7. The van der Waals surface area contributed by atoms with Gasteiger partial charge in [-0.3, -0.25) is 9.36 Å². The van der Waals surface area contributed by atoms with Crippen LogP contribution in [-0.2, 0) is 9.53 Å². The molecule has 3 aromatic rings. The van der Waals surface area contributed by atoms with E-state index in [1.165, 1.54) is 16.9 Å². The third kappa shape index (κ3) is 5.25. The number of allylic oxidation sites excluding steroid dienone is 1. The predicted octanol–water partition coefficient (Wildman–Crippen LogP) is 4.33. The highest BCUT2D eigenvalue weighted by Gasteiger charge is 2.34. The number of methoxy groups -OCH3 is 1. The Labute approximate surface area is 220 Å². The summed E-state index contributed by atoms with van der Waals surface area (Å²) in [6, 6.07) is 12.9. The normalized spacial score (nSPS) is 15.4. The number of hydrogen-bond acceptors (Lipinski definition) is 7. The summed E-state index contributed by atoms with van der Waals surface area (Å²) in [6.07, 6.45) is 1.87. The number of fused-ring (bicyclic) bond motifs is 1. The van der Waals surface area contributed by atoms with E-state index in [0.29, 0.717) is 50.2 Å². The second kappa shape index (κ2) is 11.2. The highest BCUT2D eigenvalue weighted by molar-refractivity contribution is 7.07. The third-order valence-electron chi connectivity index (χ3n) is 6.22. The van der Waals surface area contributed by atoms with Crippen molar-refractivity contribution in [1.29, 1.82) is 0 Å². The van der Waals surface area contributed by atoms with Gasteiger partial charge in [0.05, 0.1) is 42.2 Å². The largest absolute Gasteiger partial charge is 0.493 e. The Hall–Kier alpha value is -3.65. The fourth-order valence-corrected chi connectivity index (χ4v) is 5.41. The van der Waals surface area contributed by atoms with Crippen molar-refractivity contribution in [3.63, 3.8) is 0 Å². The predicted molar refractivity (Wildman–Crippen MR) is 145 cm³/mol. The van der Waals surface area contributed by atoms with Crippen molar-refractivity contribution in [3.05, 3.63) is 90.1 Å². The molecule has 0 fully saturated rings. The average molecular weight is 521 g/mol. The Balaban J connectivity index is 1.91. The molecule has 4 rings (SSSR count). The number of nitrogens with zero attached hydrogens (tertiary/aromatic N) is 2. The van der Waals surface area contributed by atoms with Crippen LogP contribution in [0.3, 0.4) is 0 Å². The van der Waals surface area contributed by atoms with Gasteiger partial charge < -0.3 is 14.2 Å². The molecule has 0 saturated heterocycles. The summed E-state index contributed by atoms with van der Waals surface area (Å²) in [5.41, 5.74) is 3.49. The minimum Gasteiger partial charge on any atom is -0.493 e. The van der Waals surface area contributed by atoms with Crippen LogP contribution in [0.25, 0.3) is 6.08 Å². The van der Waals surface area contributed by atoms with Gasteiger partial charge >= 0.3 is 5.97 Å². The highest BCUT2D eigenvalue weighted by Crippen LogP contribution is 2.36. The number of benzene rings is 2. The SMILES string of the molecule is CCOC(=O)C1=C(C)N=c2s/c(=C\c3ccc(C(C)C)cc3)c(=O)n2C1c1ccc(OCC)c(OC)c1. The number of rotatable bonds is 8. The molecule has 0 spiro atoms. The van der Waals surface area contributed by atoms with Gasteiger partial charge in [0, 0.05) is 0 Å². The molecule has 0 radical (unpaired) electrons. The maximum Gasteiger partial charge on any atom is 0.338 e. The number of ether oxygens (including phenoxy) is 3. The number of carbonyl (C=O) groups is 1. The van der Waals surface area contributed by atoms with Crippen LogP contribution < -0.4 is 24.4 Å². The number of thiazole rings is 1. The van der Waals surface area contributed by atoms with Gasteiger partial charge in [0.1, 0.15) is 0 Å². The van der Waals surface area contributed by atoms with Crippen LogP contribution in [0.2, 0.25) is 0 Å². The molecule has 7 nitrogen and oxygen atoms in total. The Morgan fingerprint density at radius 1 is 1.11 bits per heavy atom. The molecule has 0 saturated carbocycles. The first-order valence-electron chi connectivity index (χ1n) is 12.4. The molecule has 0 bridgehead atoms. The topological polar surface area (TPSA) is 79.1 Å². The van der Waals surface area contributed by atoms with Crippen molar-refractivity contribution in [1.82, 2.24) is 4.57 Å². The molecule has 0 N–H and O–H groups in total. The second-order valence-corrected chi connectivity index (χ2v) is 9.98. The van der Waals surface area contributed by atoms with Crippen LogP contribution in [0.1, 0.15) is 63.3 Å². The fraction of sp³-hybridized carbons (Fsp3) is 0.345. The molecule has 1 atom stereocenters. The Kier molecular flexibility index (Phi) is 7.97. The van der Waals surface area contributed by atoms with Gasteiger partial charge in [-0.15, -0.1) is 0 Å². The van der Waals surface area contributed by atoms with Crippen molar-refractivity contribution in [2.75, 3.05) is 20.3 Å². The van der Waals surface area contributed by atoms with E-state index in [-0.39, 0.29) is 12.2 Å². The highest BCUT2D eigenvalue weighted by atomic mass is 32.1. The van der Waals surface area contributed by atoms with Gasteiger partial charge in [0.25, 0.3) is 5.56 Å². The van der Waals surface area contributed by atoms with Crippen LogP contribution >= 0.6 is 11.3 Å². The molecular weight excluding hydrogens is 488 g/mol. The van der Waals surface area contributed by atoms with Gasteiger partial charge in [0.15, 0.2) is 16.3 Å². The van der Waals surface area contributed by atoms with Gasteiger partial charge in [-0.25, -0.2) is 9.79 Å². The van der Waals surface area contributed by atoms with Crippen LogP contribution in [0.15, 0.2) is 63.5 Å². The van der Waals surface area contributed by atoms with Crippen molar-refractivity contribution in [2.45, 2.75) is 46.6 Å². The lowest BCUT2D eigenvalue weighted by Gasteiger charge is -2.25. The van der Waals surface area contributed by atoms with Crippen molar-refractivity contribution in [3.8, 4) is 11.5 Å². The van der Waals surface area contributed by atoms with E-state index in [9.17, 15) is 9.59 Å². The minimum atomic E-state index is -0.717. The van der Waals surface area contributed by atoms with E-state index in [4.69, 9.17) is 14.2 Å².